The number of aromatic nitrogens is 5. The molecule has 168 valence electrons. The average Bonchev–Trinajstić information content (AvgIpc) is 3.14. The molecule has 0 spiro atoms. The van der Waals surface area contributed by atoms with Crippen molar-refractivity contribution < 1.29 is 18.3 Å². The highest BCUT2D eigenvalue weighted by Crippen LogP contribution is 2.32. The number of nitrogens with one attached hydrogen (secondary N) is 1. The molecule has 3 aromatic rings. The van der Waals surface area contributed by atoms with Gasteiger partial charge in [0.2, 0.25) is 5.95 Å². The normalized spacial score (nSPS) is 14.1. The monoisotopic (exact) mass is 437 g/mol. The Morgan fingerprint density at radius 2 is 1.87 bits per heavy atom. The molecule has 2 N–H and O–H groups in total. The fourth-order valence-corrected chi connectivity index (χ4v) is 3.18. The summed E-state index contributed by atoms with van der Waals surface area (Å²) in [6.45, 7) is 7.59. The zero-order valence-electron chi connectivity index (χ0n) is 18.0. The maximum atomic E-state index is 12.9. The van der Waals surface area contributed by atoms with E-state index in [9.17, 15) is 18.3 Å². The second kappa shape index (κ2) is 8.66. The molecule has 0 aliphatic rings. The Hall–Kier alpha value is -2.95. The molecule has 0 radical (unpaired) electrons. The Labute approximate surface area is 178 Å². The summed E-state index contributed by atoms with van der Waals surface area (Å²) in [4.78, 5) is 18.7. The van der Waals surface area contributed by atoms with Crippen LogP contribution in [0.15, 0.2) is 24.7 Å². The van der Waals surface area contributed by atoms with Crippen molar-refractivity contribution in [1.29, 1.82) is 0 Å². The molecule has 0 saturated heterocycles. The second-order valence-corrected chi connectivity index (χ2v) is 7.65. The highest BCUT2D eigenvalue weighted by atomic mass is 19.4. The molecule has 0 bridgehead atoms. The minimum atomic E-state index is -4.51. The van der Waals surface area contributed by atoms with Crippen LogP contribution in [0, 0.1) is 0 Å². The lowest BCUT2D eigenvalue weighted by molar-refractivity contribution is -0.141. The van der Waals surface area contributed by atoms with E-state index in [1.807, 2.05) is 25.3 Å². The number of aliphatic hydroxyl groups is 1. The zero-order chi connectivity index (χ0) is 22.9. The average molecular weight is 437 g/mol. The lowest BCUT2D eigenvalue weighted by Crippen LogP contribution is -2.31. The van der Waals surface area contributed by atoms with Crippen LogP contribution >= 0.6 is 0 Å². The van der Waals surface area contributed by atoms with Gasteiger partial charge in [0.05, 0.1) is 30.4 Å². The summed E-state index contributed by atoms with van der Waals surface area (Å²) in [5.74, 6) is 0.707. The molecule has 2 atom stereocenters. The van der Waals surface area contributed by atoms with E-state index in [4.69, 9.17) is 0 Å². The quantitative estimate of drug-likeness (QED) is 0.573. The van der Waals surface area contributed by atoms with E-state index in [1.54, 1.807) is 25.2 Å². The van der Waals surface area contributed by atoms with Crippen LogP contribution in [-0.4, -0.2) is 48.8 Å². The molecule has 0 saturated carbocycles. The molecule has 3 heterocycles. The number of imidazole rings is 1. The lowest BCUT2D eigenvalue weighted by Gasteiger charge is -2.23. The van der Waals surface area contributed by atoms with Crippen LogP contribution in [0.5, 0.6) is 0 Å². The summed E-state index contributed by atoms with van der Waals surface area (Å²) in [6.07, 6.45) is -1.69. The van der Waals surface area contributed by atoms with Crippen molar-refractivity contribution >= 4 is 28.6 Å². The Kier molecular flexibility index (Phi) is 6.35. The van der Waals surface area contributed by atoms with Gasteiger partial charge in [-0.15, -0.1) is 0 Å². The number of alkyl halides is 3. The third kappa shape index (κ3) is 4.71. The molecule has 3 aromatic heterocycles. The number of halogens is 3. The van der Waals surface area contributed by atoms with Crippen LogP contribution < -0.4 is 10.2 Å². The maximum absolute atomic E-state index is 12.9. The Morgan fingerprint density at radius 3 is 2.39 bits per heavy atom. The van der Waals surface area contributed by atoms with Gasteiger partial charge in [0.15, 0.2) is 17.0 Å². The minimum absolute atomic E-state index is 0.0809. The van der Waals surface area contributed by atoms with Crippen molar-refractivity contribution in [2.24, 2.45) is 0 Å². The summed E-state index contributed by atoms with van der Waals surface area (Å²) in [7, 11) is 1.68. The molecule has 0 unspecified atom stereocenters. The van der Waals surface area contributed by atoms with Gasteiger partial charge < -0.3 is 19.9 Å². The first-order valence-electron chi connectivity index (χ1n) is 9.99. The van der Waals surface area contributed by atoms with Crippen LogP contribution in [0.4, 0.5) is 30.6 Å². The topological polar surface area (TPSA) is 92.0 Å². The van der Waals surface area contributed by atoms with Crippen molar-refractivity contribution in [2.45, 2.75) is 58.5 Å². The SMILES string of the molecule is CC[C@H](Nc1nc(N(C)c2ccc(C(F)(F)F)nc2)c2ncn(C(C)C)c2n1)[C@@H](C)O. The third-order valence-electron chi connectivity index (χ3n) is 5.04. The van der Waals surface area contributed by atoms with Crippen LogP contribution in [0.25, 0.3) is 11.2 Å². The lowest BCUT2D eigenvalue weighted by atomic mass is 10.1. The van der Waals surface area contributed by atoms with Gasteiger partial charge in [-0.2, -0.15) is 23.1 Å². The second-order valence-electron chi connectivity index (χ2n) is 7.65. The molecule has 0 fully saturated rings. The van der Waals surface area contributed by atoms with Crippen LogP contribution in [-0.2, 0) is 6.18 Å². The van der Waals surface area contributed by atoms with Crippen molar-refractivity contribution in [3.8, 4) is 0 Å². The number of fused-ring (bicyclic) bond motifs is 1. The number of aliphatic hydroxyl groups excluding tert-OH is 1. The minimum Gasteiger partial charge on any atom is -0.391 e. The molecule has 0 aliphatic heterocycles. The molecule has 3 rings (SSSR count). The fourth-order valence-electron chi connectivity index (χ4n) is 3.18. The van der Waals surface area contributed by atoms with E-state index in [2.05, 4.69) is 25.3 Å². The zero-order valence-corrected chi connectivity index (χ0v) is 18.0. The van der Waals surface area contributed by atoms with Gasteiger partial charge in [-0.1, -0.05) is 6.92 Å². The highest BCUT2D eigenvalue weighted by molar-refractivity contribution is 5.87. The number of nitrogens with zero attached hydrogens (tertiary/aromatic N) is 6. The Balaban J connectivity index is 2.09. The molecule has 8 nitrogen and oxygen atoms in total. The number of hydrogen-bond donors (Lipinski definition) is 2. The van der Waals surface area contributed by atoms with Gasteiger partial charge in [0.25, 0.3) is 0 Å². The molecular formula is C20H26F3N7O. The van der Waals surface area contributed by atoms with E-state index in [0.29, 0.717) is 35.0 Å². The van der Waals surface area contributed by atoms with E-state index >= 15 is 0 Å². The molecule has 0 amide bonds. The molecule has 0 aliphatic carbocycles. The molecule has 31 heavy (non-hydrogen) atoms. The Morgan fingerprint density at radius 1 is 1.16 bits per heavy atom. The summed E-state index contributed by atoms with van der Waals surface area (Å²) in [5.41, 5.74) is 0.536. The summed E-state index contributed by atoms with van der Waals surface area (Å²) in [6, 6.07) is 2.08. The first-order valence-corrected chi connectivity index (χ1v) is 9.99. The molecule has 11 heteroatoms. The number of hydrogen-bond acceptors (Lipinski definition) is 7. The predicted octanol–water partition coefficient (Wildman–Crippen LogP) is 4.16. The van der Waals surface area contributed by atoms with Crippen LogP contribution in [0.2, 0.25) is 0 Å². The summed E-state index contributed by atoms with van der Waals surface area (Å²) < 4.78 is 40.5. The van der Waals surface area contributed by atoms with Crippen LogP contribution in [0.3, 0.4) is 0 Å². The van der Waals surface area contributed by atoms with Gasteiger partial charge in [-0.25, -0.2) is 9.97 Å². The van der Waals surface area contributed by atoms with Crippen molar-refractivity contribution in [2.75, 3.05) is 17.3 Å². The van der Waals surface area contributed by atoms with E-state index in [-0.39, 0.29) is 12.1 Å². The van der Waals surface area contributed by atoms with E-state index in [0.717, 1.165) is 12.3 Å². The van der Waals surface area contributed by atoms with Gasteiger partial charge in [0, 0.05) is 13.1 Å². The number of rotatable bonds is 7. The number of pyridine rings is 1. The first kappa shape index (κ1) is 22.7. The summed E-state index contributed by atoms with van der Waals surface area (Å²) in [5, 5.41) is 13.1. The maximum Gasteiger partial charge on any atom is 0.433 e. The van der Waals surface area contributed by atoms with Crippen LogP contribution in [0.1, 0.15) is 45.9 Å². The third-order valence-corrected chi connectivity index (χ3v) is 5.04. The van der Waals surface area contributed by atoms with Gasteiger partial charge in [-0.3, -0.25) is 0 Å². The first-order chi connectivity index (χ1) is 14.5. The van der Waals surface area contributed by atoms with Gasteiger partial charge in [-0.05, 0) is 39.3 Å². The number of anilines is 3. The van der Waals surface area contributed by atoms with Crippen molar-refractivity contribution in [1.82, 2.24) is 24.5 Å². The van der Waals surface area contributed by atoms with Gasteiger partial charge in [0.1, 0.15) is 5.69 Å². The summed E-state index contributed by atoms with van der Waals surface area (Å²) >= 11 is 0. The largest absolute Gasteiger partial charge is 0.433 e. The highest BCUT2D eigenvalue weighted by Gasteiger charge is 2.32. The van der Waals surface area contributed by atoms with Crippen molar-refractivity contribution in [3.63, 3.8) is 0 Å². The van der Waals surface area contributed by atoms with E-state index < -0.39 is 18.0 Å². The van der Waals surface area contributed by atoms with Gasteiger partial charge >= 0.3 is 6.18 Å². The molecular weight excluding hydrogens is 411 g/mol. The standard InChI is InChI=1S/C20H26F3N7O/c1-6-14(12(4)31)26-19-27-17(16-18(28-19)30(10-25-16)11(2)3)29(5)13-7-8-15(24-9-13)20(21,22)23/h7-12,14,31H,6H2,1-5H3,(H,26,27,28)/t12-,14+/m1/s1. The molecule has 0 aromatic carbocycles. The fraction of sp³-hybridized carbons (Fsp3) is 0.500. The van der Waals surface area contributed by atoms with E-state index in [1.165, 1.54) is 6.07 Å². The Bertz CT molecular complexity index is 1030. The van der Waals surface area contributed by atoms with Crippen molar-refractivity contribution in [3.05, 3.63) is 30.4 Å². The smallest absolute Gasteiger partial charge is 0.391 e. The predicted molar refractivity (Wildman–Crippen MR) is 112 cm³/mol.